The maximum absolute atomic E-state index is 11.6. The van der Waals surface area contributed by atoms with Gasteiger partial charge in [0.15, 0.2) is 0 Å². The molecule has 1 spiro atoms. The Bertz CT molecular complexity index is 640. The van der Waals surface area contributed by atoms with Crippen LogP contribution in [0, 0.1) is 0 Å². The highest BCUT2D eigenvalue weighted by Crippen LogP contribution is 2.35. The molecule has 3 heterocycles. The lowest BCUT2D eigenvalue weighted by Crippen LogP contribution is -2.56. The topological polar surface area (TPSA) is 54.0 Å². The molecule has 0 radical (unpaired) electrons. The summed E-state index contributed by atoms with van der Waals surface area (Å²) in [5.41, 5.74) is 1.91. The molecule has 1 atom stereocenters. The van der Waals surface area contributed by atoms with Crippen molar-refractivity contribution in [2.24, 2.45) is 0 Å². The van der Waals surface area contributed by atoms with Gasteiger partial charge in [-0.05, 0) is 63.0 Å². The van der Waals surface area contributed by atoms with Gasteiger partial charge in [0.1, 0.15) is 0 Å². The first-order valence-electron chi connectivity index (χ1n) is 10.2. The van der Waals surface area contributed by atoms with Gasteiger partial charge in [0.2, 0.25) is 0 Å². The van der Waals surface area contributed by atoms with Crippen LogP contribution in [0.5, 0.6) is 0 Å². The van der Waals surface area contributed by atoms with Crippen LogP contribution in [0.4, 0.5) is 5.69 Å². The Labute approximate surface area is 186 Å². The highest BCUT2D eigenvalue weighted by atomic mass is 35.5. The van der Waals surface area contributed by atoms with E-state index in [1.165, 1.54) is 19.2 Å². The van der Waals surface area contributed by atoms with Crippen molar-refractivity contribution in [3.63, 3.8) is 0 Å². The predicted molar refractivity (Wildman–Crippen MR) is 120 cm³/mol. The molecule has 3 fully saturated rings. The third-order valence-corrected chi connectivity index (χ3v) is 6.47. The molecule has 8 heteroatoms. The quantitative estimate of drug-likeness (QED) is 0.721. The van der Waals surface area contributed by atoms with Crippen LogP contribution in [-0.4, -0.2) is 75.5 Å². The van der Waals surface area contributed by atoms with Crippen molar-refractivity contribution in [2.45, 2.75) is 37.3 Å². The van der Waals surface area contributed by atoms with Gasteiger partial charge in [0.05, 0.1) is 18.3 Å². The van der Waals surface area contributed by atoms with Gasteiger partial charge in [-0.1, -0.05) is 0 Å². The lowest BCUT2D eigenvalue weighted by molar-refractivity contribution is -0.121. The van der Waals surface area contributed by atoms with Crippen LogP contribution < -0.4 is 10.2 Å². The van der Waals surface area contributed by atoms with Crippen LogP contribution in [0.1, 0.15) is 36.0 Å². The third kappa shape index (κ3) is 5.56. The van der Waals surface area contributed by atoms with E-state index in [4.69, 9.17) is 9.47 Å². The molecule has 0 amide bonds. The number of carbonyl (C=O) groups is 1. The number of hydrogen-bond donors (Lipinski definition) is 1. The Morgan fingerprint density at radius 3 is 2.38 bits per heavy atom. The first kappa shape index (κ1) is 24.2. The summed E-state index contributed by atoms with van der Waals surface area (Å²) in [5.74, 6) is -0.280. The number of piperazine rings is 1. The van der Waals surface area contributed by atoms with E-state index in [-0.39, 0.29) is 36.4 Å². The van der Waals surface area contributed by atoms with Crippen molar-refractivity contribution >= 4 is 36.5 Å². The van der Waals surface area contributed by atoms with E-state index >= 15 is 0 Å². The number of piperidine rings is 1. The van der Waals surface area contributed by atoms with Crippen molar-refractivity contribution < 1.29 is 14.3 Å². The molecule has 3 aliphatic rings. The molecule has 6 nitrogen and oxygen atoms in total. The van der Waals surface area contributed by atoms with Crippen LogP contribution >= 0.6 is 24.8 Å². The Kier molecular flexibility index (Phi) is 9.04. The lowest BCUT2D eigenvalue weighted by atomic mass is 9.82. The molecular formula is C21H33Cl2N3O3. The second-order valence-electron chi connectivity index (χ2n) is 7.99. The van der Waals surface area contributed by atoms with Crippen molar-refractivity contribution in [2.75, 3.05) is 57.9 Å². The fraction of sp³-hybridized carbons (Fsp3) is 0.667. The number of hydrogen-bond acceptors (Lipinski definition) is 6. The molecule has 0 aromatic heterocycles. The molecule has 1 aromatic carbocycles. The minimum absolute atomic E-state index is 0. The highest BCUT2D eigenvalue weighted by molar-refractivity contribution is 5.89. The fourth-order valence-electron chi connectivity index (χ4n) is 4.82. The molecule has 0 aliphatic carbocycles. The number of esters is 1. The van der Waals surface area contributed by atoms with Gasteiger partial charge in [-0.2, -0.15) is 0 Å². The monoisotopic (exact) mass is 445 g/mol. The molecular weight excluding hydrogens is 413 g/mol. The van der Waals surface area contributed by atoms with Crippen LogP contribution in [0.3, 0.4) is 0 Å². The first-order valence-corrected chi connectivity index (χ1v) is 10.2. The maximum Gasteiger partial charge on any atom is 0.337 e. The molecule has 4 rings (SSSR count). The molecule has 1 unspecified atom stereocenters. The minimum atomic E-state index is -0.280. The van der Waals surface area contributed by atoms with Crippen LogP contribution in [0.15, 0.2) is 24.3 Å². The van der Waals surface area contributed by atoms with E-state index in [0.717, 1.165) is 65.1 Å². The van der Waals surface area contributed by atoms with Gasteiger partial charge >= 0.3 is 5.97 Å². The van der Waals surface area contributed by atoms with Gasteiger partial charge in [0, 0.05) is 44.5 Å². The number of rotatable bonds is 3. The van der Waals surface area contributed by atoms with E-state index in [9.17, 15) is 4.79 Å². The number of benzene rings is 1. The van der Waals surface area contributed by atoms with Crippen LogP contribution in [0.25, 0.3) is 0 Å². The summed E-state index contributed by atoms with van der Waals surface area (Å²) in [6.45, 7) is 7.33. The average Bonchev–Trinajstić information content (AvgIpc) is 2.74. The van der Waals surface area contributed by atoms with Crippen molar-refractivity contribution in [3.05, 3.63) is 29.8 Å². The van der Waals surface area contributed by atoms with Crippen molar-refractivity contribution in [3.8, 4) is 0 Å². The maximum atomic E-state index is 11.6. The summed E-state index contributed by atoms with van der Waals surface area (Å²) in [7, 11) is 1.42. The molecule has 3 aliphatic heterocycles. The fourth-order valence-corrected chi connectivity index (χ4v) is 4.82. The van der Waals surface area contributed by atoms with E-state index in [1.54, 1.807) is 0 Å². The second-order valence-corrected chi connectivity index (χ2v) is 7.99. The summed E-state index contributed by atoms with van der Waals surface area (Å²) in [5, 5.41) is 3.46. The van der Waals surface area contributed by atoms with Crippen LogP contribution in [-0.2, 0) is 9.47 Å². The molecule has 1 N–H and O–H groups in total. The number of methoxy groups -OCH3 is 1. The van der Waals surface area contributed by atoms with Crippen molar-refractivity contribution in [1.29, 1.82) is 0 Å². The first-order chi connectivity index (χ1) is 13.2. The van der Waals surface area contributed by atoms with Gasteiger partial charge in [-0.3, -0.25) is 4.90 Å². The number of ether oxygens (including phenoxy) is 2. The normalized spacial score (nSPS) is 24.3. The zero-order chi connectivity index (χ0) is 18.7. The zero-order valence-corrected chi connectivity index (χ0v) is 18.7. The number of nitrogens with one attached hydrogen (secondary N) is 1. The van der Waals surface area contributed by atoms with E-state index < -0.39 is 0 Å². The summed E-state index contributed by atoms with van der Waals surface area (Å²) in [6, 6.07) is 8.42. The van der Waals surface area contributed by atoms with Crippen LogP contribution in [0.2, 0.25) is 0 Å². The second kappa shape index (κ2) is 10.8. The molecule has 164 valence electrons. The van der Waals surface area contributed by atoms with E-state index in [1.807, 2.05) is 24.3 Å². The summed E-state index contributed by atoms with van der Waals surface area (Å²) in [6.07, 6.45) is 4.64. The average molecular weight is 446 g/mol. The number of nitrogens with zero attached hydrogens (tertiary/aromatic N) is 2. The minimum Gasteiger partial charge on any atom is -0.465 e. The van der Waals surface area contributed by atoms with Gasteiger partial charge in [0.25, 0.3) is 0 Å². The highest BCUT2D eigenvalue weighted by Gasteiger charge is 2.40. The molecule has 0 saturated carbocycles. The SMILES string of the molecule is COC(=O)c1ccc(N2CCN(C3CCOC4(CCNCC4)C3)CC2)cc1.Cl.Cl. The lowest BCUT2D eigenvalue weighted by Gasteiger charge is -2.48. The largest absolute Gasteiger partial charge is 0.465 e. The summed E-state index contributed by atoms with van der Waals surface area (Å²) < 4.78 is 11.0. The standard InChI is InChI=1S/C21H31N3O3.2ClH/c1-26-20(25)17-2-4-18(5-3-17)23-11-13-24(14-12-23)19-6-15-27-21(16-19)7-9-22-10-8-21;;/h2-5,19,22H,6-16H2,1H3;2*1H. The summed E-state index contributed by atoms with van der Waals surface area (Å²) in [4.78, 5) is 16.7. The Morgan fingerprint density at radius 1 is 1.10 bits per heavy atom. The van der Waals surface area contributed by atoms with E-state index in [2.05, 4.69) is 15.1 Å². The Morgan fingerprint density at radius 2 is 1.76 bits per heavy atom. The molecule has 1 aromatic rings. The Hall–Kier alpha value is -1.05. The van der Waals surface area contributed by atoms with Gasteiger partial charge < -0.3 is 19.7 Å². The van der Waals surface area contributed by atoms with Crippen molar-refractivity contribution in [1.82, 2.24) is 10.2 Å². The summed E-state index contributed by atoms with van der Waals surface area (Å²) >= 11 is 0. The number of carbonyl (C=O) groups excluding carboxylic acids is 1. The predicted octanol–water partition coefficient (Wildman–Crippen LogP) is 2.74. The molecule has 3 saturated heterocycles. The Balaban J connectivity index is 0.00000150. The smallest absolute Gasteiger partial charge is 0.337 e. The third-order valence-electron chi connectivity index (χ3n) is 6.47. The van der Waals surface area contributed by atoms with Gasteiger partial charge in [-0.15, -0.1) is 24.8 Å². The number of halogens is 2. The molecule has 29 heavy (non-hydrogen) atoms. The zero-order valence-electron chi connectivity index (χ0n) is 17.1. The molecule has 0 bridgehead atoms. The van der Waals surface area contributed by atoms with Gasteiger partial charge in [-0.25, -0.2) is 4.79 Å². The van der Waals surface area contributed by atoms with E-state index in [0.29, 0.717) is 11.6 Å². The number of anilines is 1.